The van der Waals surface area contributed by atoms with Gasteiger partial charge in [-0.25, -0.2) is 9.78 Å². The molecule has 1 aromatic heterocycles. The van der Waals surface area contributed by atoms with Gasteiger partial charge in [-0.3, -0.25) is 0 Å². The first-order valence-electron chi connectivity index (χ1n) is 6.55. The van der Waals surface area contributed by atoms with Crippen molar-refractivity contribution in [3.05, 3.63) is 30.1 Å². The van der Waals surface area contributed by atoms with Crippen LogP contribution in [-0.2, 0) is 0 Å². The Morgan fingerprint density at radius 1 is 1.32 bits per heavy atom. The number of carbonyl (C=O) groups is 1. The van der Waals surface area contributed by atoms with Crippen LogP contribution in [0, 0.1) is 0 Å². The summed E-state index contributed by atoms with van der Waals surface area (Å²) in [6.07, 6.45) is 4.93. The van der Waals surface area contributed by atoms with Crippen molar-refractivity contribution in [1.82, 2.24) is 9.55 Å². The summed E-state index contributed by atoms with van der Waals surface area (Å²) in [5, 5.41) is 19.4. The minimum absolute atomic E-state index is 0.0701. The molecule has 1 aliphatic carbocycles. The molecular weight excluding hydrogens is 244 g/mol. The molecule has 2 N–H and O–H groups in total. The molecule has 0 bridgehead atoms. The lowest BCUT2D eigenvalue weighted by molar-refractivity contribution is 0.0690. The Morgan fingerprint density at radius 3 is 2.84 bits per heavy atom. The molecule has 2 atom stereocenters. The number of rotatable bonds is 2. The summed E-state index contributed by atoms with van der Waals surface area (Å²) in [4.78, 5) is 15.6. The number of aromatic nitrogens is 2. The molecule has 100 valence electrons. The summed E-state index contributed by atoms with van der Waals surface area (Å²) < 4.78 is 1.84. The van der Waals surface area contributed by atoms with Crippen LogP contribution >= 0.6 is 0 Å². The van der Waals surface area contributed by atoms with Gasteiger partial charge < -0.3 is 14.8 Å². The van der Waals surface area contributed by atoms with Gasteiger partial charge in [0.15, 0.2) is 0 Å². The smallest absolute Gasteiger partial charge is 0.337 e. The summed E-state index contributed by atoms with van der Waals surface area (Å²) in [5.74, 6) is -0.961. The molecule has 19 heavy (non-hydrogen) atoms. The average Bonchev–Trinajstić information content (AvgIpc) is 2.82. The number of hydrogen-bond donors (Lipinski definition) is 2. The highest BCUT2D eigenvalue weighted by Gasteiger charge is 2.27. The van der Waals surface area contributed by atoms with Gasteiger partial charge in [0.2, 0.25) is 0 Å². The molecule has 0 amide bonds. The van der Waals surface area contributed by atoms with Crippen molar-refractivity contribution in [2.45, 2.75) is 37.8 Å². The van der Waals surface area contributed by atoms with Crippen LogP contribution < -0.4 is 0 Å². The number of hydrogen-bond acceptors (Lipinski definition) is 3. The molecule has 1 heterocycles. The van der Waals surface area contributed by atoms with Crippen LogP contribution in [0.15, 0.2) is 24.5 Å². The third kappa shape index (κ3) is 2.00. The van der Waals surface area contributed by atoms with Crippen LogP contribution in [0.4, 0.5) is 0 Å². The minimum atomic E-state index is -0.961. The number of carboxylic acids is 1. The number of nitrogens with zero attached hydrogens (tertiary/aromatic N) is 2. The van der Waals surface area contributed by atoms with Crippen LogP contribution in [0.1, 0.15) is 42.1 Å². The third-order valence-electron chi connectivity index (χ3n) is 3.88. The van der Waals surface area contributed by atoms with Gasteiger partial charge in [-0.05, 0) is 25.0 Å². The highest BCUT2D eigenvalue weighted by molar-refractivity contribution is 6.01. The van der Waals surface area contributed by atoms with Crippen LogP contribution in [0.3, 0.4) is 0 Å². The van der Waals surface area contributed by atoms with Gasteiger partial charge in [0.1, 0.15) is 0 Å². The standard InChI is InChI=1S/C14H16N2O3/c17-12-7-2-1-6-11(12)16-8-15-10-5-3-4-9(13(10)16)14(18)19/h3-5,8,11-12,17H,1-2,6-7H2,(H,18,19). The highest BCUT2D eigenvalue weighted by atomic mass is 16.4. The molecule has 1 saturated carbocycles. The fourth-order valence-electron chi connectivity index (χ4n) is 2.93. The summed E-state index contributed by atoms with van der Waals surface area (Å²) >= 11 is 0. The maximum absolute atomic E-state index is 11.3. The Kier molecular flexibility index (Phi) is 2.98. The van der Waals surface area contributed by atoms with Crippen molar-refractivity contribution >= 4 is 17.0 Å². The predicted molar refractivity (Wildman–Crippen MR) is 70.2 cm³/mol. The molecule has 3 rings (SSSR count). The number of aliphatic hydroxyl groups excluding tert-OH is 1. The van der Waals surface area contributed by atoms with E-state index in [0.717, 1.165) is 25.7 Å². The first-order chi connectivity index (χ1) is 9.18. The van der Waals surface area contributed by atoms with Crippen molar-refractivity contribution in [3.63, 3.8) is 0 Å². The second-order valence-corrected chi connectivity index (χ2v) is 5.05. The van der Waals surface area contributed by atoms with E-state index in [1.54, 1.807) is 24.5 Å². The van der Waals surface area contributed by atoms with Crippen LogP contribution in [-0.4, -0.2) is 31.8 Å². The summed E-state index contributed by atoms with van der Waals surface area (Å²) in [7, 11) is 0. The molecule has 2 aromatic rings. The average molecular weight is 260 g/mol. The van der Waals surface area contributed by atoms with Gasteiger partial charge in [-0.15, -0.1) is 0 Å². The molecular formula is C14H16N2O3. The molecule has 2 unspecified atom stereocenters. The number of para-hydroxylation sites is 1. The zero-order valence-corrected chi connectivity index (χ0v) is 10.5. The van der Waals surface area contributed by atoms with Crippen molar-refractivity contribution in [1.29, 1.82) is 0 Å². The minimum Gasteiger partial charge on any atom is -0.478 e. The molecule has 1 fully saturated rings. The lowest BCUT2D eigenvalue weighted by Gasteiger charge is -2.29. The number of fused-ring (bicyclic) bond motifs is 1. The largest absolute Gasteiger partial charge is 0.478 e. The summed E-state index contributed by atoms with van der Waals surface area (Å²) in [5.41, 5.74) is 1.52. The number of aliphatic hydroxyl groups is 1. The number of benzene rings is 1. The SMILES string of the molecule is O=C(O)c1cccc2ncn(C3CCCCC3O)c12. The maximum Gasteiger partial charge on any atom is 0.337 e. The lowest BCUT2D eigenvalue weighted by atomic mass is 9.92. The van der Waals surface area contributed by atoms with E-state index in [-0.39, 0.29) is 11.6 Å². The van der Waals surface area contributed by atoms with Crippen molar-refractivity contribution < 1.29 is 15.0 Å². The summed E-state index contributed by atoms with van der Waals surface area (Å²) in [6, 6.07) is 5.01. The van der Waals surface area contributed by atoms with Crippen molar-refractivity contribution in [2.24, 2.45) is 0 Å². The van der Waals surface area contributed by atoms with Crippen LogP contribution in [0.25, 0.3) is 11.0 Å². The number of carboxylic acid groups (broad SMARTS) is 1. The van der Waals surface area contributed by atoms with Gasteiger partial charge in [-0.2, -0.15) is 0 Å². The highest BCUT2D eigenvalue weighted by Crippen LogP contribution is 2.32. The Labute approximate surface area is 110 Å². The molecule has 5 heteroatoms. The molecule has 0 spiro atoms. The Balaban J connectivity index is 2.15. The van der Waals surface area contributed by atoms with E-state index in [2.05, 4.69) is 4.98 Å². The topological polar surface area (TPSA) is 75.3 Å². The van der Waals surface area contributed by atoms with Gasteiger partial charge >= 0.3 is 5.97 Å². The van der Waals surface area contributed by atoms with E-state index in [1.807, 2.05) is 4.57 Å². The fraction of sp³-hybridized carbons (Fsp3) is 0.429. The van der Waals surface area contributed by atoms with Gasteiger partial charge in [-0.1, -0.05) is 18.9 Å². The molecule has 0 radical (unpaired) electrons. The van der Waals surface area contributed by atoms with E-state index < -0.39 is 12.1 Å². The Morgan fingerprint density at radius 2 is 2.11 bits per heavy atom. The Bertz CT molecular complexity index is 620. The van der Waals surface area contributed by atoms with Gasteiger partial charge in [0.05, 0.1) is 35.1 Å². The second-order valence-electron chi connectivity index (χ2n) is 5.05. The summed E-state index contributed by atoms with van der Waals surface area (Å²) in [6.45, 7) is 0. The lowest BCUT2D eigenvalue weighted by Crippen LogP contribution is -2.27. The zero-order valence-electron chi connectivity index (χ0n) is 10.5. The third-order valence-corrected chi connectivity index (χ3v) is 3.88. The monoisotopic (exact) mass is 260 g/mol. The molecule has 1 aliphatic rings. The normalized spacial score (nSPS) is 23.6. The Hall–Kier alpha value is -1.88. The quantitative estimate of drug-likeness (QED) is 0.868. The van der Waals surface area contributed by atoms with E-state index >= 15 is 0 Å². The number of imidazole rings is 1. The van der Waals surface area contributed by atoms with E-state index in [0.29, 0.717) is 11.0 Å². The molecule has 1 aromatic carbocycles. The molecule has 5 nitrogen and oxygen atoms in total. The maximum atomic E-state index is 11.3. The zero-order chi connectivity index (χ0) is 13.4. The first kappa shape index (κ1) is 12.2. The van der Waals surface area contributed by atoms with Gasteiger partial charge in [0, 0.05) is 0 Å². The molecule has 0 aliphatic heterocycles. The predicted octanol–water partition coefficient (Wildman–Crippen LogP) is 2.21. The van der Waals surface area contributed by atoms with Gasteiger partial charge in [0.25, 0.3) is 0 Å². The van der Waals surface area contributed by atoms with E-state index in [9.17, 15) is 15.0 Å². The van der Waals surface area contributed by atoms with Crippen LogP contribution in [0.2, 0.25) is 0 Å². The number of aromatic carboxylic acids is 1. The van der Waals surface area contributed by atoms with Crippen LogP contribution in [0.5, 0.6) is 0 Å². The van der Waals surface area contributed by atoms with Crippen molar-refractivity contribution in [3.8, 4) is 0 Å². The second kappa shape index (κ2) is 4.66. The molecule has 0 saturated heterocycles. The van der Waals surface area contributed by atoms with E-state index in [4.69, 9.17) is 0 Å². The fourth-order valence-corrected chi connectivity index (χ4v) is 2.93. The first-order valence-corrected chi connectivity index (χ1v) is 6.55. The van der Waals surface area contributed by atoms with Crippen molar-refractivity contribution in [2.75, 3.05) is 0 Å². The van der Waals surface area contributed by atoms with E-state index in [1.165, 1.54) is 0 Å².